The molecule has 1 heterocycles. The highest BCUT2D eigenvalue weighted by Gasteiger charge is 2.39. The van der Waals surface area contributed by atoms with E-state index in [1.165, 1.54) is 25.7 Å². The number of hydrazine groups is 1. The number of aromatic nitrogens is 2. The van der Waals surface area contributed by atoms with Gasteiger partial charge in [0, 0.05) is 19.8 Å². The lowest BCUT2D eigenvalue weighted by Gasteiger charge is -2.27. The fourth-order valence-corrected chi connectivity index (χ4v) is 3.68. The molecule has 3 unspecified atom stereocenters. The molecule has 2 aliphatic rings. The highest BCUT2D eigenvalue weighted by molar-refractivity contribution is 5.41. The number of rotatable bonds is 4. The van der Waals surface area contributed by atoms with Crippen molar-refractivity contribution in [2.75, 3.05) is 23.9 Å². The maximum Gasteiger partial charge on any atom is 0.239 e. The van der Waals surface area contributed by atoms with Crippen molar-refractivity contribution in [2.45, 2.75) is 25.7 Å². The molecule has 1 aromatic heterocycles. The zero-order chi connectivity index (χ0) is 12.5. The Balaban J connectivity index is 1.65. The molecule has 5 nitrogen and oxygen atoms in total. The molecule has 98 valence electrons. The molecule has 18 heavy (non-hydrogen) atoms. The monoisotopic (exact) mass is 247 g/mol. The lowest BCUT2D eigenvalue weighted by molar-refractivity contribution is 0.337. The summed E-state index contributed by atoms with van der Waals surface area (Å²) in [6.45, 7) is 1.10. The summed E-state index contributed by atoms with van der Waals surface area (Å²) < 4.78 is 0. The number of nitrogens with two attached hydrogens (primary N) is 1. The Labute approximate surface area is 108 Å². The zero-order valence-electron chi connectivity index (χ0n) is 10.8. The number of nitrogen functional groups attached to an aromatic ring is 1. The Morgan fingerprint density at radius 3 is 3.00 bits per heavy atom. The van der Waals surface area contributed by atoms with Crippen LogP contribution in [0.2, 0.25) is 0 Å². The molecule has 0 saturated heterocycles. The predicted molar refractivity (Wildman–Crippen MR) is 72.1 cm³/mol. The van der Waals surface area contributed by atoms with Crippen LogP contribution < -0.4 is 16.2 Å². The first-order valence-corrected chi connectivity index (χ1v) is 6.77. The quantitative estimate of drug-likeness (QED) is 0.625. The van der Waals surface area contributed by atoms with Crippen molar-refractivity contribution in [1.82, 2.24) is 9.97 Å². The second kappa shape index (κ2) is 4.72. The van der Waals surface area contributed by atoms with Crippen molar-refractivity contribution in [3.63, 3.8) is 0 Å². The molecule has 0 radical (unpaired) electrons. The molecule has 3 atom stereocenters. The van der Waals surface area contributed by atoms with Gasteiger partial charge in [-0.2, -0.15) is 4.98 Å². The first kappa shape index (κ1) is 11.7. The maximum absolute atomic E-state index is 5.34. The van der Waals surface area contributed by atoms with Crippen molar-refractivity contribution in [1.29, 1.82) is 0 Å². The van der Waals surface area contributed by atoms with Gasteiger partial charge in [0.1, 0.15) is 5.82 Å². The van der Waals surface area contributed by atoms with Gasteiger partial charge in [0.15, 0.2) is 0 Å². The van der Waals surface area contributed by atoms with E-state index in [9.17, 15) is 0 Å². The second-order valence-electron chi connectivity index (χ2n) is 5.70. The van der Waals surface area contributed by atoms with Gasteiger partial charge in [-0.25, -0.2) is 10.8 Å². The molecule has 0 amide bonds. The van der Waals surface area contributed by atoms with Gasteiger partial charge in [-0.05, 0) is 43.1 Å². The van der Waals surface area contributed by atoms with E-state index in [2.05, 4.69) is 27.3 Å². The molecule has 2 bridgehead atoms. The predicted octanol–water partition coefficient (Wildman–Crippen LogP) is 1.63. The van der Waals surface area contributed by atoms with Crippen LogP contribution in [0, 0.1) is 17.8 Å². The summed E-state index contributed by atoms with van der Waals surface area (Å²) in [6, 6.07) is 1.94. The van der Waals surface area contributed by atoms with Crippen molar-refractivity contribution >= 4 is 11.8 Å². The van der Waals surface area contributed by atoms with Crippen LogP contribution in [0.5, 0.6) is 0 Å². The standard InChI is InChI=1S/C13H21N5/c1-18(12-4-5-15-13(16-12)17-14)8-11-7-9-2-3-10(11)6-9/h4-5,9-11H,2-3,6-8,14H2,1H3,(H,15,16,17). The molecular weight excluding hydrogens is 226 g/mol. The fourth-order valence-electron chi connectivity index (χ4n) is 3.68. The van der Waals surface area contributed by atoms with Crippen LogP contribution in [0.4, 0.5) is 11.8 Å². The van der Waals surface area contributed by atoms with Crippen LogP contribution in [0.25, 0.3) is 0 Å². The Morgan fingerprint density at radius 2 is 2.33 bits per heavy atom. The van der Waals surface area contributed by atoms with Crippen molar-refractivity contribution in [3.05, 3.63) is 12.3 Å². The van der Waals surface area contributed by atoms with Gasteiger partial charge >= 0.3 is 0 Å². The third kappa shape index (κ3) is 2.14. The molecule has 1 aromatic rings. The molecule has 0 spiro atoms. The SMILES string of the molecule is CN(CC1CC2CCC1C2)c1ccnc(NN)n1. The summed E-state index contributed by atoms with van der Waals surface area (Å²) in [5.74, 6) is 9.56. The Bertz CT molecular complexity index is 422. The molecule has 2 aliphatic carbocycles. The van der Waals surface area contributed by atoms with E-state index in [1.807, 2.05) is 6.07 Å². The minimum Gasteiger partial charge on any atom is -0.359 e. The van der Waals surface area contributed by atoms with Crippen molar-refractivity contribution in [2.24, 2.45) is 23.6 Å². The number of hydrogen-bond acceptors (Lipinski definition) is 5. The number of nitrogens with one attached hydrogen (secondary N) is 1. The molecule has 5 heteroatoms. The minimum atomic E-state index is 0.479. The topological polar surface area (TPSA) is 67.1 Å². The first-order chi connectivity index (χ1) is 8.76. The minimum absolute atomic E-state index is 0.479. The second-order valence-corrected chi connectivity index (χ2v) is 5.70. The van der Waals surface area contributed by atoms with E-state index in [0.717, 1.165) is 30.1 Å². The van der Waals surface area contributed by atoms with Gasteiger partial charge in [0.05, 0.1) is 0 Å². The third-order valence-corrected chi connectivity index (χ3v) is 4.55. The smallest absolute Gasteiger partial charge is 0.239 e. The van der Waals surface area contributed by atoms with E-state index >= 15 is 0 Å². The number of fused-ring (bicyclic) bond motifs is 2. The zero-order valence-corrected chi connectivity index (χ0v) is 10.8. The van der Waals surface area contributed by atoms with Crippen LogP contribution in [-0.4, -0.2) is 23.6 Å². The van der Waals surface area contributed by atoms with E-state index < -0.39 is 0 Å². The lowest BCUT2D eigenvalue weighted by Crippen LogP contribution is -2.29. The van der Waals surface area contributed by atoms with Crippen molar-refractivity contribution in [3.8, 4) is 0 Å². The summed E-state index contributed by atoms with van der Waals surface area (Å²) in [5, 5.41) is 0. The Morgan fingerprint density at radius 1 is 1.44 bits per heavy atom. The van der Waals surface area contributed by atoms with Gasteiger partial charge in [0.2, 0.25) is 5.95 Å². The van der Waals surface area contributed by atoms with Crippen LogP contribution >= 0.6 is 0 Å². The maximum atomic E-state index is 5.34. The summed E-state index contributed by atoms with van der Waals surface area (Å²) in [7, 11) is 2.11. The molecule has 3 rings (SSSR count). The molecule has 2 fully saturated rings. The summed E-state index contributed by atoms with van der Waals surface area (Å²) >= 11 is 0. The van der Waals surface area contributed by atoms with Crippen LogP contribution in [0.15, 0.2) is 12.3 Å². The summed E-state index contributed by atoms with van der Waals surface area (Å²) in [4.78, 5) is 10.6. The average molecular weight is 247 g/mol. The van der Waals surface area contributed by atoms with Crippen LogP contribution in [-0.2, 0) is 0 Å². The van der Waals surface area contributed by atoms with E-state index in [-0.39, 0.29) is 0 Å². The van der Waals surface area contributed by atoms with E-state index in [4.69, 9.17) is 5.84 Å². The van der Waals surface area contributed by atoms with E-state index in [1.54, 1.807) is 6.20 Å². The average Bonchev–Trinajstić information content (AvgIpc) is 3.01. The normalized spacial score (nSPS) is 29.6. The van der Waals surface area contributed by atoms with Crippen LogP contribution in [0.1, 0.15) is 25.7 Å². The highest BCUT2D eigenvalue weighted by atomic mass is 15.3. The molecule has 2 saturated carbocycles. The molecule has 0 aromatic carbocycles. The molecule has 0 aliphatic heterocycles. The van der Waals surface area contributed by atoms with Gasteiger partial charge in [0.25, 0.3) is 0 Å². The number of anilines is 2. The molecule has 3 N–H and O–H groups in total. The van der Waals surface area contributed by atoms with Gasteiger partial charge < -0.3 is 4.90 Å². The third-order valence-electron chi connectivity index (χ3n) is 4.55. The number of nitrogens with zero attached hydrogens (tertiary/aromatic N) is 3. The number of hydrogen-bond donors (Lipinski definition) is 2. The van der Waals surface area contributed by atoms with Crippen LogP contribution in [0.3, 0.4) is 0 Å². The molecular formula is C13H21N5. The Kier molecular flexibility index (Phi) is 3.07. The fraction of sp³-hybridized carbons (Fsp3) is 0.692. The summed E-state index contributed by atoms with van der Waals surface area (Å²) in [5.41, 5.74) is 2.49. The largest absolute Gasteiger partial charge is 0.359 e. The first-order valence-electron chi connectivity index (χ1n) is 6.77. The van der Waals surface area contributed by atoms with Crippen molar-refractivity contribution < 1.29 is 0 Å². The van der Waals surface area contributed by atoms with Gasteiger partial charge in [-0.3, -0.25) is 5.43 Å². The van der Waals surface area contributed by atoms with Gasteiger partial charge in [-0.1, -0.05) is 6.42 Å². The van der Waals surface area contributed by atoms with E-state index in [0.29, 0.717) is 5.95 Å². The highest BCUT2D eigenvalue weighted by Crippen LogP contribution is 2.48. The lowest BCUT2D eigenvalue weighted by atomic mass is 9.88. The Hall–Kier alpha value is -1.36. The van der Waals surface area contributed by atoms with Gasteiger partial charge in [-0.15, -0.1) is 0 Å². The summed E-state index contributed by atoms with van der Waals surface area (Å²) in [6.07, 6.45) is 7.50.